The lowest BCUT2D eigenvalue weighted by atomic mass is 9.86. The van der Waals surface area contributed by atoms with E-state index >= 15 is 0 Å². The van der Waals surface area contributed by atoms with Gasteiger partial charge < -0.3 is 4.98 Å². The highest BCUT2D eigenvalue weighted by molar-refractivity contribution is 7.86. The number of aromatic nitrogens is 1. The Labute approximate surface area is 171 Å². The minimum atomic E-state index is -3.61. The fraction of sp³-hybridized carbons (Fsp3) is 0.500. The van der Waals surface area contributed by atoms with Crippen molar-refractivity contribution in [2.45, 2.75) is 51.2 Å². The van der Waals surface area contributed by atoms with E-state index in [1.165, 1.54) is 24.0 Å². The number of likely N-dealkylation sites (tertiary alicyclic amines) is 1. The number of fused-ring (bicyclic) bond motifs is 5. The molecule has 1 N–H and O–H groups in total. The summed E-state index contributed by atoms with van der Waals surface area (Å²) in [4.78, 5) is 18.4. The molecule has 0 bridgehead atoms. The lowest BCUT2D eigenvalue weighted by Gasteiger charge is -2.26. The van der Waals surface area contributed by atoms with Crippen molar-refractivity contribution in [3.05, 3.63) is 56.4 Å². The predicted octanol–water partition coefficient (Wildman–Crippen LogP) is 2.90. The summed E-state index contributed by atoms with van der Waals surface area (Å²) in [5, 5.41) is 0. The quantitative estimate of drug-likeness (QED) is 0.664. The zero-order valence-corrected chi connectivity index (χ0v) is 17.5. The van der Waals surface area contributed by atoms with E-state index in [0.29, 0.717) is 18.4 Å². The van der Waals surface area contributed by atoms with Crippen LogP contribution < -0.4 is 5.56 Å². The minimum Gasteiger partial charge on any atom is -0.321 e. The molecular formula is C22H26N2O4S. The molecule has 2 aromatic rings. The SMILES string of the molecule is CS(=O)(=O)OC1CCCc2c1c1c([nH]c2=O)-c2cccc(CN3CCCC3)c2C1. The average molecular weight is 415 g/mol. The van der Waals surface area contributed by atoms with Gasteiger partial charge in [0.25, 0.3) is 15.7 Å². The fourth-order valence-electron chi connectivity index (χ4n) is 5.25. The van der Waals surface area contributed by atoms with Gasteiger partial charge in [0.1, 0.15) is 6.10 Å². The lowest BCUT2D eigenvalue weighted by molar-refractivity contribution is 0.192. The maximum atomic E-state index is 12.8. The van der Waals surface area contributed by atoms with Gasteiger partial charge in [-0.05, 0) is 67.4 Å². The van der Waals surface area contributed by atoms with Gasteiger partial charge in [0.15, 0.2) is 0 Å². The number of H-pyrrole nitrogens is 1. The second-order valence-corrected chi connectivity index (χ2v) is 10.1. The summed E-state index contributed by atoms with van der Waals surface area (Å²) in [7, 11) is -3.61. The molecule has 29 heavy (non-hydrogen) atoms. The Morgan fingerprint density at radius 2 is 1.93 bits per heavy atom. The Hall–Kier alpha value is -1.96. The first kappa shape index (κ1) is 19.0. The van der Waals surface area contributed by atoms with Crippen molar-refractivity contribution in [2.24, 2.45) is 0 Å². The minimum absolute atomic E-state index is 0.113. The molecule has 0 saturated carbocycles. The summed E-state index contributed by atoms with van der Waals surface area (Å²) in [5.74, 6) is 0. The van der Waals surface area contributed by atoms with Crippen LogP contribution in [0.2, 0.25) is 0 Å². The van der Waals surface area contributed by atoms with Crippen molar-refractivity contribution < 1.29 is 12.6 Å². The second-order valence-electron chi connectivity index (χ2n) is 8.48. The molecule has 7 heteroatoms. The lowest BCUT2D eigenvalue weighted by Crippen LogP contribution is -2.26. The van der Waals surface area contributed by atoms with Crippen molar-refractivity contribution in [3.8, 4) is 11.3 Å². The Morgan fingerprint density at radius 1 is 1.14 bits per heavy atom. The van der Waals surface area contributed by atoms with Crippen molar-refractivity contribution >= 4 is 10.1 Å². The van der Waals surface area contributed by atoms with E-state index in [1.807, 2.05) is 0 Å². The van der Waals surface area contributed by atoms with Crippen LogP contribution in [0, 0.1) is 0 Å². The number of aromatic amines is 1. The number of hydrogen-bond donors (Lipinski definition) is 1. The first-order valence-corrected chi connectivity index (χ1v) is 12.2. The van der Waals surface area contributed by atoms with Crippen LogP contribution in [0.5, 0.6) is 0 Å². The Bertz CT molecular complexity index is 1130. The molecule has 3 aliphatic rings. The molecule has 1 aliphatic heterocycles. The molecule has 0 spiro atoms. The van der Waals surface area contributed by atoms with Crippen LogP contribution in [0.3, 0.4) is 0 Å². The molecule has 2 heterocycles. The van der Waals surface area contributed by atoms with Gasteiger partial charge in [-0.15, -0.1) is 0 Å². The molecule has 6 nitrogen and oxygen atoms in total. The largest absolute Gasteiger partial charge is 0.321 e. The van der Waals surface area contributed by atoms with E-state index < -0.39 is 16.2 Å². The highest BCUT2D eigenvalue weighted by Gasteiger charge is 2.34. The predicted molar refractivity (Wildman–Crippen MR) is 111 cm³/mol. The molecule has 1 fully saturated rings. The van der Waals surface area contributed by atoms with E-state index in [1.54, 1.807) is 0 Å². The van der Waals surface area contributed by atoms with Crippen molar-refractivity contribution in [1.29, 1.82) is 0 Å². The van der Waals surface area contributed by atoms with E-state index in [-0.39, 0.29) is 5.56 Å². The van der Waals surface area contributed by atoms with Crippen LogP contribution in [0.15, 0.2) is 23.0 Å². The molecule has 1 aromatic carbocycles. The molecule has 0 radical (unpaired) electrons. The molecular weight excluding hydrogens is 388 g/mol. The number of benzene rings is 1. The van der Waals surface area contributed by atoms with Gasteiger partial charge in [0.05, 0.1) is 11.9 Å². The fourth-order valence-corrected chi connectivity index (χ4v) is 5.87. The molecule has 154 valence electrons. The van der Waals surface area contributed by atoms with Gasteiger partial charge in [0, 0.05) is 24.1 Å². The third kappa shape index (κ3) is 3.45. The van der Waals surface area contributed by atoms with Gasteiger partial charge in [-0.2, -0.15) is 8.42 Å². The van der Waals surface area contributed by atoms with Crippen LogP contribution in [0.4, 0.5) is 0 Å². The summed E-state index contributed by atoms with van der Waals surface area (Å²) in [6, 6.07) is 6.30. The van der Waals surface area contributed by atoms with Crippen LogP contribution in [0.1, 0.15) is 59.6 Å². The molecule has 0 amide bonds. The van der Waals surface area contributed by atoms with E-state index in [2.05, 4.69) is 28.1 Å². The second kappa shape index (κ2) is 7.07. The molecule has 1 unspecified atom stereocenters. The van der Waals surface area contributed by atoms with Crippen LogP contribution in [-0.2, 0) is 33.7 Å². The zero-order chi connectivity index (χ0) is 20.2. The Morgan fingerprint density at radius 3 is 2.69 bits per heavy atom. The maximum Gasteiger partial charge on any atom is 0.264 e. The third-order valence-corrected chi connectivity index (χ3v) is 7.04. The van der Waals surface area contributed by atoms with Gasteiger partial charge in [-0.25, -0.2) is 0 Å². The van der Waals surface area contributed by atoms with Crippen molar-refractivity contribution in [3.63, 3.8) is 0 Å². The molecule has 1 atom stereocenters. The third-order valence-electron chi connectivity index (χ3n) is 6.46. The summed E-state index contributed by atoms with van der Waals surface area (Å²) in [6.07, 6.45) is 5.77. The summed E-state index contributed by atoms with van der Waals surface area (Å²) >= 11 is 0. The van der Waals surface area contributed by atoms with Gasteiger partial charge in [-0.3, -0.25) is 13.9 Å². The highest BCUT2D eigenvalue weighted by atomic mass is 32.2. The number of hydrogen-bond acceptors (Lipinski definition) is 5. The average Bonchev–Trinajstić information content (AvgIpc) is 3.29. The normalized spacial score (nSPS) is 21.1. The van der Waals surface area contributed by atoms with E-state index in [4.69, 9.17) is 4.18 Å². The van der Waals surface area contributed by atoms with Crippen molar-refractivity contribution in [2.75, 3.05) is 19.3 Å². The summed E-state index contributed by atoms with van der Waals surface area (Å²) < 4.78 is 29.1. The Balaban J connectivity index is 1.61. The standard InChI is InChI=1S/C22H26N2O4S/c1-29(26,27)28-19-9-5-8-16-20(19)18-12-17-14(13-24-10-2-3-11-24)6-4-7-15(17)21(18)23-22(16)25/h4,6-7,19H,2-3,5,8-13H2,1H3,(H,23,25). The first-order chi connectivity index (χ1) is 13.9. The Kier molecular flexibility index (Phi) is 4.64. The van der Waals surface area contributed by atoms with E-state index in [0.717, 1.165) is 61.1 Å². The van der Waals surface area contributed by atoms with E-state index in [9.17, 15) is 13.2 Å². The number of rotatable bonds is 4. The zero-order valence-electron chi connectivity index (χ0n) is 16.7. The number of pyridine rings is 1. The molecule has 1 aromatic heterocycles. The van der Waals surface area contributed by atoms with Crippen molar-refractivity contribution in [1.82, 2.24) is 9.88 Å². The van der Waals surface area contributed by atoms with Crippen LogP contribution in [-0.4, -0.2) is 37.6 Å². The van der Waals surface area contributed by atoms with Crippen LogP contribution in [0.25, 0.3) is 11.3 Å². The smallest absolute Gasteiger partial charge is 0.264 e. The van der Waals surface area contributed by atoms with Gasteiger partial charge in [-0.1, -0.05) is 18.2 Å². The first-order valence-electron chi connectivity index (χ1n) is 10.4. The molecule has 2 aliphatic carbocycles. The summed E-state index contributed by atoms with van der Waals surface area (Å²) in [6.45, 7) is 3.19. The topological polar surface area (TPSA) is 79.5 Å². The van der Waals surface area contributed by atoms with Gasteiger partial charge in [0.2, 0.25) is 0 Å². The highest BCUT2D eigenvalue weighted by Crippen LogP contribution is 2.44. The molecule has 5 rings (SSSR count). The van der Waals surface area contributed by atoms with Gasteiger partial charge >= 0.3 is 0 Å². The number of nitrogens with zero attached hydrogens (tertiary/aromatic N) is 1. The van der Waals surface area contributed by atoms with Crippen LogP contribution >= 0.6 is 0 Å². The monoisotopic (exact) mass is 414 g/mol. The number of nitrogens with one attached hydrogen (secondary N) is 1. The maximum absolute atomic E-state index is 12.8. The summed E-state index contributed by atoms with van der Waals surface area (Å²) in [5.41, 5.74) is 6.89. The molecule has 1 saturated heterocycles.